The van der Waals surface area contributed by atoms with Crippen molar-refractivity contribution in [3.8, 4) is 0 Å². The van der Waals surface area contributed by atoms with Crippen molar-refractivity contribution in [1.29, 1.82) is 0 Å². The number of hydrogen-bond acceptors (Lipinski definition) is 2. The molecule has 7 atom stereocenters. The summed E-state index contributed by atoms with van der Waals surface area (Å²) < 4.78 is 0. The lowest BCUT2D eigenvalue weighted by Gasteiger charge is -2.44. The summed E-state index contributed by atoms with van der Waals surface area (Å²) in [6.07, 6.45) is 15.8. The van der Waals surface area contributed by atoms with E-state index in [0.29, 0.717) is 41.9 Å². The molecule has 0 aromatic rings. The summed E-state index contributed by atoms with van der Waals surface area (Å²) in [5.74, 6) is 3.38. The normalized spacial score (nSPS) is 39.8. The molecule has 0 aromatic carbocycles. The van der Waals surface area contributed by atoms with Gasteiger partial charge in [-0.2, -0.15) is 0 Å². The summed E-state index contributed by atoms with van der Waals surface area (Å²) in [5.41, 5.74) is 3.77. The van der Waals surface area contributed by atoms with Gasteiger partial charge in [-0.1, -0.05) is 71.1 Å². The molecule has 30 heavy (non-hydrogen) atoms. The molecule has 2 nitrogen and oxygen atoms in total. The van der Waals surface area contributed by atoms with Gasteiger partial charge in [0.25, 0.3) is 0 Å². The van der Waals surface area contributed by atoms with Gasteiger partial charge in [0.15, 0.2) is 0 Å². The van der Waals surface area contributed by atoms with Crippen LogP contribution in [0.4, 0.5) is 0 Å². The van der Waals surface area contributed by atoms with Gasteiger partial charge in [-0.05, 0) is 84.7 Å². The molecule has 2 unspecified atom stereocenters. The molecule has 3 saturated carbocycles. The number of allylic oxidation sites excluding steroid dienone is 5. The third-order valence-corrected chi connectivity index (χ3v) is 8.71. The van der Waals surface area contributed by atoms with Gasteiger partial charge < -0.3 is 10.2 Å². The molecule has 2 heteroatoms. The van der Waals surface area contributed by atoms with Gasteiger partial charge in [0.2, 0.25) is 0 Å². The predicted molar refractivity (Wildman–Crippen MR) is 127 cm³/mol. The molecule has 0 saturated heterocycles. The van der Waals surface area contributed by atoms with E-state index >= 15 is 0 Å². The van der Waals surface area contributed by atoms with E-state index in [0.717, 1.165) is 17.1 Å². The lowest BCUT2D eigenvalue weighted by Crippen LogP contribution is -2.35. The van der Waals surface area contributed by atoms with Gasteiger partial charge in [0.1, 0.15) is 0 Å². The van der Waals surface area contributed by atoms with Crippen LogP contribution in [0.3, 0.4) is 0 Å². The first-order valence-corrected chi connectivity index (χ1v) is 12.3. The predicted octanol–water partition coefficient (Wildman–Crippen LogP) is 6.61. The van der Waals surface area contributed by atoms with Crippen molar-refractivity contribution >= 4 is 0 Å². The van der Waals surface area contributed by atoms with E-state index in [1.165, 1.54) is 32.1 Å². The summed E-state index contributed by atoms with van der Waals surface area (Å²) >= 11 is 0. The van der Waals surface area contributed by atoms with E-state index in [1.807, 2.05) is 0 Å². The highest BCUT2D eigenvalue weighted by Crippen LogP contribution is 2.59. The topological polar surface area (TPSA) is 40.5 Å². The van der Waals surface area contributed by atoms with Gasteiger partial charge in [-0.25, -0.2) is 0 Å². The molecule has 3 aliphatic rings. The molecule has 0 aliphatic heterocycles. The van der Waals surface area contributed by atoms with Crippen molar-refractivity contribution in [2.75, 3.05) is 0 Å². The van der Waals surface area contributed by atoms with Crippen LogP contribution in [0.5, 0.6) is 0 Å². The zero-order chi connectivity index (χ0) is 22.1. The van der Waals surface area contributed by atoms with Crippen LogP contribution in [-0.4, -0.2) is 22.4 Å². The highest BCUT2D eigenvalue weighted by Gasteiger charge is 2.50. The quantitative estimate of drug-likeness (QED) is 0.499. The average Bonchev–Trinajstić information content (AvgIpc) is 3.04. The Labute approximate surface area is 184 Å². The van der Waals surface area contributed by atoms with Crippen LogP contribution in [0.2, 0.25) is 0 Å². The number of rotatable bonds is 5. The molecule has 3 aliphatic carbocycles. The minimum absolute atomic E-state index is 0.385. The molecule has 0 spiro atoms. The second kappa shape index (κ2) is 9.57. The molecule has 0 amide bonds. The van der Waals surface area contributed by atoms with Crippen LogP contribution in [0.15, 0.2) is 47.6 Å². The maximum Gasteiger partial charge on any atom is 0.0811 e. The maximum absolute atomic E-state index is 10.1. The van der Waals surface area contributed by atoms with Crippen molar-refractivity contribution in [3.63, 3.8) is 0 Å². The van der Waals surface area contributed by atoms with Crippen LogP contribution < -0.4 is 0 Å². The number of fused-ring (bicyclic) bond motifs is 1. The number of hydrogen-bond donors (Lipinski definition) is 2. The molecule has 3 rings (SSSR count). The van der Waals surface area contributed by atoms with Crippen molar-refractivity contribution in [2.45, 2.75) is 91.8 Å². The zero-order valence-electron chi connectivity index (χ0n) is 19.9. The minimum atomic E-state index is -0.605. The highest BCUT2D eigenvalue weighted by atomic mass is 16.3. The summed E-state index contributed by atoms with van der Waals surface area (Å²) in [5, 5.41) is 20.2. The van der Waals surface area contributed by atoms with Crippen LogP contribution >= 0.6 is 0 Å². The Morgan fingerprint density at radius 3 is 2.50 bits per heavy atom. The standard InChI is InChI=1S/C28H44O2/c1-18(2)19(3)9-10-20(4)25-13-14-26-22(8-7-15-28(25,26)6)11-12-23-16-24(29)17-27(30)21(23)5/h9-12,18-20,24-27,29-30H,5,7-8,13-17H2,1-4,6H3/b10-9+,22-11?,23-12-/t19-,20+,24+,25?,26-,27?,28+/m0/s1. The maximum atomic E-state index is 10.1. The van der Waals surface area contributed by atoms with Crippen LogP contribution in [0.1, 0.15) is 79.6 Å². The number of aliphatic hydroxyl groups is 2. The Morgan fingerprint density at radius 2 is 1.80 bits per heavy atom. The first-order valence-electron chi connectivity index (χ1n) is 12.3. The van der Waals surface area contributed by atoms with Gasteiger partial charge in [0, 0.05) is 6.42 Å². The van der Waals surface area contributed by atoms with Crippen molar-refractivity contribution in [2.24, 2.45) is 35.0 Å². The Bertz CT molecular complexity index is 712. The Balaban J connectivity index is 1.76. The molecule has 3 fully saturated rings. The van der Waals surface area contributed by atoms with E-state index in [4.69, 9.17) is 0 Å². The summed E-state index contributed by atoms with van der Waals surface area (Å²) in [6.45, 7) is 16.0. The van der Waals surface area contributed by atoms with Gasteiger partial charge in [0.05, 0.1) is 12.2 Å². The van der Waals surface area contributed by atoms with Crippen molar-refractivity contribution in [1.82, 2.24) is 0 Å². The van der Waals surface area contributed by atoms with Crippen molar-refractivity contribution < 1.29 is 10.2 Å². The second-order valence-corrected chi connectivity index (χ2v) is 11.0. The Hall–Kier alpha value is -1.12. The fourth-order valence-corrected chi connectivity index (χ4v) is 6.32. The third kappa shape index (κ3) is 4.86. The molecule has 0 radical (unpaired) electrons. The van der Waals surface area contributed by atoms with Gasteiger partial charge >= 0.3 is 0 Å². The van der Waals surface area contributed by atoms with Crippen LogP contribution in [-0.2, 0) is 0 Å². The molecule has 2 N–H and O–H groups in total. The van der Waals surface area contributed by atoms with E-state index in [1.54, 1.807) is 5.57 Å². The molecule has 0 bridgehead atoms. The minimum Gasteiger partial charge on any atom is -0.393 e. The average molecular weight is 413 g/mol. The van der Waals surface area contributed by atoms with Gasteiger partial charge in [-0.3, -0.25) is 0 Å². The molecular formula is C28H44O2. The first kappa shape index (κ1) is 23.5. The smallest absolute Gasteiger partial charge is 0.0811 e. The van der Waals surface area contributed by atoms with Crippen LogP contribution in [0, 0.1) is 35.0 Å². The summed E-state index contributed by atoms with van der Waals surface area (Å²) in [4.78, 5) is 0. The van der Waals surface area contributed by atoms with Crippen molar-refractivity contribution in [3.05, 3.63) is 47.6 Å². The fourth-order valence-electron chi connectivity index (χ4n) is 6.32. The summed E-state index contributed by atoms with van der Waals surface area (Å²) in [6, 6.07) is 0. The SMILES string of the molecule is C=C1/C(=C\C=C2CCC[C@]3(C)C([C@H](C)/C=C/[C@H](C)C(C)C)CC[C@@H]23)C[C@@H](O)CC1O. The van der Waals surface area contributed by atoms with E-state index in [-0.39, 0.29) is 0 Å². The highest BCUT2D eigenvalue weighted by molar-refractivity contribution is 5.38. The molecule has 0 aromatic heterocycles. The lowest BCUT2D eigenvalue weighted by atomic mass is 9.61. The van der Waals surface area contributed by atoms with E-state index in [2.05, 4.69) is 65.5 Å². The van der Waals surface area contributed by atoms with Crippen LogP contribution in [0.25, 0.3) is 0 Å². The monoisotopic (exact) mass is 412 g/mol. The second-order valence-electron chi connectivity index (χ2n) is 11.0. The zero-order valence-corrected chi connectivity index (χ0v) is 19.9. The molecule has 168 valence electrons. The first-order chi connectivity index (χ1) is 14.1. The molecule has 0 heterocycles. The third-order valence-electron chi connectivity index (χ3n) is 8.71. The molecular weight excluding hydrogens is 368 g/mol. The Kier molecular flexibility index (Phi) is 7.51. The lowest BCUT2D eigenvalue weighted by molar-refractivity contribution is 0.0862. The fraction of sp³-hybridized carbons (Fsp3) is 0.714. The van der Waals surface area contributed by atoms with Gasteiger partial charge in [-0.15, -0.1) is 0 Å². The summed E-state index contributed by atoms with van der Waals surface area (Å²) in [7, 11) is 0. The largest absolute Gasteiger partial charge is 0.393 e. The number of aliphatic hydroxyl groups excluding tert-OH is 2. The Morgan fingerprint density at radius 1 is 1.07 bits per heavy atom. The van der Waals surface area contributed by atoms with E-state index < -0.39 is 12.2 Å². The van der Waals surface area contributed by atoms with E-state index in [9.17, 15) is 10.2 Å².